The Morgan fingerprint density at radius 3 is 2.42 bits per heavy atom. The molecular formula is C23H22ClN5O4. The smallest absolute Gasteiger partial charge is 0.273 e. The van der Waals surface area contributed by atoms with Gasteiger partial charge in [-0.2, -0.15) is 0 Å². The molecule has 2 aliphatic heterocycles. The third kappa shape index (κ3) is 4.79. The number of aliphatic imine (C=N–C) groups is 1. The van der Waals surface area contributed by atoms with Crippen LogP contribution in [0.3, 0.4) is 0 Å². The van der Waals surface area contributed by atoms with Crippen LogP contribution in [-0.4, -0.2) is 55.4 Å². The molecular weight excluding hydrogens is 446 g/mol. The maximum absolute atomic E-state index is 13.4. The molecule has 3 N–H and O–H groups in total. The number of nitrogens with two attached hydrogens (primary N) is 1. The molecule has 0 bridgehead atoms. The normalized spacial score (nSPS) is 20.3. The van der Waals surface area contributed by atoms with Crippen molar-refractivity contribution in [3.63, 3.8) is 0 Å². The van der Waals surface area contributed by atoms with E-state index in [4.69, 9.17) is 27.5 Å². The zero-order valence-electron chi connectivity index (χ0n) is 17.7. The van der Waals surface area contributed by atoms with Gasteiger partial charge in [-0.25, -0.2) is 4.99 Å². The Bertz CT molecular complexity index is 1150. The van der Waals surface area contributed by atoms with Gasteiger partial charge in [0.2, 0.25) is 0 Å². The number of amides is 3. The lowest BCUT2D eigenvalue weighted by molar-refractivity contribution is -0.125. The molecule has 33 heavy (non-hydrogen) atoms. The highest BCUT2D eigenvalue weighted by molar-refractivity contribution is 6.54. The van der Waals surface area contributed by atoms with Gasteiger partial charge in [-0.05, 0) is 48.9 Å². The van der Waals surface area contributed by atoms with Crippen molar-refractivity contribution in [2.45, 2.75) is 6.42 Å². The fraction of sp³-hybridized carbons (Fsp3) is 0.261. The molecule has 2 fully saturated rings. The number of morpholine rings is 1. The summed E-state index contributed by atoms with van der Waals surface area (Å²) in [5.41, 5.74) is 6.81. The molecule has 170 valence electrons. The second-order valence-electron chi connectivity index (χ2n) is 7.67. The van der Waals surface area contributed by atoms with Gasteiger partial charge >= 0.3 is 0 Å². The second kappa shape index (κ2) is 9.51. The summed E-state index contributed by atoms with van der Waals surface area (Å²) in [5, 5.41) is 8.55. The van der Waals surface area contributed by atoms with E-state index >= 15 is 0 Å². The van der Waals surface area contributed by atoms with Crippen molar-refractivity contribution >= 4 is 57.8 Å². The third-order valence-corrected chi connectivity index (χ3v) is 5.80. The second-order valence-corrected chi connectivity index (χ2v) is 8.10. The number of carbonyl (C=O) groups is 3. The number of piperidine rings is 1. The largest absolute Gasteiger partial charge is 0.370 e. The number of rotatable bonds is 5. The summed E-state index contributed by atoms with van der Waals surface area (Å²) < 4.78 is 5.16. The van der Waals surface area contributed by atoms with Crippen LogP contribution in [0.2, 0.25) is 5.02 Å². The SMILES string of the molecule is N=C(C(N)=O)C1CCN(c2ccc(N3CCOCC3=O)cc2)C(=O)C1=Nc1cccc(Cl)c1. The molecule has 1 atom stereocenters. The number of anilines is 2. The predicted molar refractivity (Wildman–Crippen MR) is 126 cm³/mol. The van der Waals surface area contributed by atoms with Crippen LogP contribution in [0.4, 0.5) is 17.1 Å². The highest BCUT2D eigenvalue weighted by Gasteiger charge is 2.37. The number of carbonyl (C=O) groups excluding carboxylic acids is 3. The van der Waals surface area contributed by atoms with E-state index in [2.05, 4.69) is 4.99 Å². The van der Waals surface area contributed by atoms with Crippen molar-refractivity contribution in [3.05, 3.63) is 53.6 Å². The van der Waals surface area contributed by atoms with E-state index in [-0.39, 0.29) is 30.5 Å². The van der Waals surface area contributed by atoms with Gasteiger partial charge in [0.05, 0.1) is 18.2 Å². The molecule has 0 saturated carbocycles. The van der Waals surface area contributed by atoms with E-state index in [1.165, 1.54) is 0 Å². The number of halogens is 1. The maximum atomic E-state index is 13.4. The van der Waals surface area contributed by atoms with E-state index in [0.29, 0.717) is 36.0 Å². The van der Waals surface area contributed by atoms with Gasteiger partial charge in [0.15, 0.2) is 0 Å². The van der Waals surface area contributed by atoms with Crippen molar-refractivity contribution in [1.29, 1.82) is 5.41 Å². The Kier molecular flexibility index (Phi) is 6.52. The standard InChI is InChI=1S/C23H22ClN5O4/c24-14-2-1-3-15(12-14)27-21-18(20(25)22(26)31)8-9-29(23(21)32)17-6-4-16(5-7-17)28-10-11-33-13-19(28)30/h1-7,12,18,25H,8-11,13H2,(H2,26,31). The molecule has 4 rings (SSSR count). The lowest BCUT2D eigenvalue weighted by Crippen LogP contribution is -2.50. The molecule has 3 amide bonds. The van der Waals surface area contributed by atoms with Crippen LogP contribution < -0.4 is 15.5 Å². The van der Waals surface area contributed by atoms with Gasteiger partial charge in [-0.15, -0.1) is 0 Å². The van der Waals surface area contributed by atoms with Gasteiger partial charge < -0.3 is 20.3 Å². The van der Waals surface area contributed by atoms with Gasteiger partial charge in [-0.1, -0.05) is 17.7 Å². The zero-order valence-corrected chi connectivity index (χ0v) is 18.4. The lowest BCUT2D eigenvalue weighted by atomic mass is 9.88. The van der Waals surface area contributed by atoms with Crippen LogP contribution in [-0.2, 0) is 19.1 Å². The first-order valence-corrected chi connectivity index (χ1v) is 10.8. The number of nitrogens with one attached hydrogen (secondary N) is 1. The highest BCUT2D eigenvalue weighted by Crippen LogP contribution is 2.29. The van der Waals surface area contributed by atoms with Gasteiger partial charge in [0.1, 0.15) is 18.0 Å². The molecule has 1 unspecified atom stereocenters. The topological polar surface area (TPSA) is 129 Å². The predicted octanol–water partition coefficient (Wildman–Crippen LogP) is 2.33. The van der Waals surface area contributed by atoms with Crippen LogP contribution in [0.15, 0.2) is 53.5 Å². The Hall–Kier alpha value is -3.56. The number of nitrogens with zero attached hydrogens (tertiary/aromatic N) is 3. The first-order valence-electron chi connectivity index (χ1n) is 10.4. The van der Waals surface area contributed by atoms with Gasteiger partial charge in [-0.3, -0.25) is 19.8 Å². The summed E-state index contributed by atoms with van der Waals surface area (Å²) in [6.07, 6.45) is 0.316. The van der Waals surface area contributed by atoms with Crippen LogP contribution >= 0.6 is 11.6 Å². The monoisotopic (exact) mass is 467 g/mol. The van der Waals surface area contributed by atoms with E-state index in [0.717, 1.165) is 5.69 Å². The van der Waals surface area contributed by atoms with Crippen molar-refractivity contribution in [2.24, 2.45) is 16.6 Å². The number of primary amides is 1. The van der Waals surface area contributed by atoms with E-state index in [1.807, 2.05) is 0 Å². The molecule has 0 spiro atoms. The summed E-state index contributed by atoms with van der Waals surface area (Å²) in [5.74, 6) is -2.24. The fourth-order valence-corrected chi connectivity index (χ4v) is 4.08. The summed E-state index contributed by atoms with van der Waals surface area (Å²) in [6, 6.07) is 13.7. The fourth-order valence-electron chi connectivity index (χ4n) is 3.90. The highest BCUT2D eigenvalue weighted by atomic mass is 35.5. The van der Waals surface area contributed by atoms with Crippen molar-refractivity contribution in [3.8, 4) is 0 Å². The van der Waals surface area contributed by atoms with E-state index < -0.39 is 17.7 Å². The van der Waals surface area contributed by atoms with Crippen molar-refractivity contribution < 1.29 is 19.1 Å². The molecule has 0 aromatic heterocycles. The average molecular weight is 468 g/mol. The number of hydrogen-bond acceptors (Lipinski definition) is 6. The summed E-state index contributed by atoms with van der Waals surface area (Å²) in [4.78, 5) is 44.8. The van der Waals surface area contributed by atoms with E-state index in [1.54, 1.807) is 58.3 Å². The lowest BCUT2D eigenvalue weighted by Gasteiger charge is -2.33. The molecule has 2 aromatic carbocycles. The number of hydrogen-bond donors (Lipinski definition) is 2. The summed E-state index contributed by atoms with van der Waals surface area (Å²) in [7, 11) is 0. The molecule has 2 aliphatic rings. The Balaban J connectivity index is 1.64. The third-order valence-electron chi connectivity index (χ3n) is 5.57. The molecule has 0 aliphatic carbocycles. The first-order chi connectivity index (χ1) is 15.8. The maximum Gasteiger partial charge on any atom is 0.273 e. The summed E-state index contributed by atoms with van der Waals surface area (Å²) in [6.45, 7) is 1.26. The number of ether oxygens (including phenoxy) is 1. The van der Waals surface area contributed by atoms with Crippen LogP contribution in [0.1, 0.15) is 6.42 Å². The quantitative estimate of drug-likeness (QED) is 0.653. The Morgan fingerprint density at radius 2 is 1.79 bits per heavy atom. The van der Waals surface area contributed by atoms with Gasteiger partial charge in [0, 0.05) is 29.5 Å². The minimum Gasteiger partial charge on any atom is -0.370 e. The number of benzene rings is 2. The molecule has 10 heteroatoms. The molecule has 9 nitrogen and oxygen atoms in total. The zero-order chi connectivity index (χ0) is 23.5. The van der Waals surface area contributed by atoms with E-state index in [9.17, 15) is 14.4 Å². The Labute approximate surface area is 195 Å². The van der Waals surface area contributed by atoms with Crippen LogP contribution in [0.5, 0.6) is 0 Å². The molecule has 2 saturated heterocycles. The minimum atomic E-state index is -0.889. The molecule has 2 aromatic rings. The molecule has 0 radical (unpaired) electrons. The average Bonchev–Trinajstić information content (AvgIpc) is 2.80. The Morgan fingerprint density at radius 1 is 1.09 bits per heavy atom. The summed E-state index contributed by atoms with van der Waals surface area (Å²) >= 11 is 6.05. The van der Waals surface area contributed by atoms with Crippen LogP contribution in [0, 0.1) is 11.3 Å². The molecule has 2 heterocycles. The van der Waals surface area contributed by atoms with Gasteiger partial charge in [0.25, 0.3) is 17.7 Å². The van der Waals surface area contributed by atoms with Crippen molar-refractivity contribution in [1.82, 2.24) is 0 Å². The first kappa shape index (κ1) is 22.6. The minimum absolute atomic E-state index is 0.0445. The van der Waals surface area contributed by atoms with Crippen LogP contribution in [0.25, 0.3) is 0 Å². The van der Waals surface area contributed by atoms with Crippen molar-refractivity contribution in [2.75, 3.05) is 36.1 Å².